The van der Waals surface area contributed by atoms with E-state index in [0.29, 0.717) is 18.5 Å². The lowest BCUT2D eigenvalue weighted by Gasteiger charge is -2.13. The topological polar surface area (TPSA) is 108 Å². The summed E-state index contributed by atoms with van der Waals surface area (Å²) in [5.41, 5.74) is 2.72. The van der Waals surface area contributed by atoms with E-state index in [2.05, 4.69) is 16.0 Å². The number of carbonyl (C=O) groups excluding carboxylic acids is 2. The SMILES string of the molecule is CCCC(NCC(=O)NC(=O)Nc1ccc(C)c(C)c1)C(=O)O.Cl. The Bertz CT molecular complexity index is 593. The maximum Gasteiger partial charge on any atom is 0.325 e. The molecular weight excluding hydrogens is 334 g/mol. The molecular formula is C16H24ClN3O4. The molecule has 1 rings (SSSR count). The first-order valence-electron chi connectivity index (χ1n) is 7.47. The maximum atomic E-state index is 11.7. The third-order valence-electron chi connectivity index (χ3n) is 3.40. The van der Waals surface area contributed by atoms with Crippen molar-refractivity contribution in [2.75, 3.05) is 11.9 Å². The lowest BCUT2D eigenvalue weighted by molar-refractivity contribution is -0.139. The number of carboxylic acids is 1. The van der Waals surface area contributed by atoms with Gasteiger partial charge in [-0.25, -0.2) is 4.79 Å². The summed E-state index contributed by atoms with van der Waals surface area (Å²) in [6, 6.07) is 3.97. The second-order valence-electron chi connectivity index (χ2n) is 5.36. The summed E-state index contributed by atoms with van der Waals surface area (Å²) in [5, 5.41) is 16.3. The van der Waals surface area contributed by atoms with Crippen LogP contribution in [0.15, 0.2) is 18.2 Å². The van der Waals surface area contributed by atoms with Crippen LogP contribution in [0.5, 0.6) is 0 Å². The Kier molecular flexibility index (Phi) is 9.68. The molecule has 0 aliphatic heterocycles. The predicted octanol–water partition coefficient (Wildman–Crippen LogP) is 2.22. The molecule has 0 saturated carbocycles. The van der Waals surface area contributed by atoms with E-state index in [-0.39, 0.29) is 19.0 Å². The summed E-state index contributed by atoms with van der Waals surface area (Å²) in [6.07, 6.45) is 1.09. The van der Waals surface area contributed by atoms with Crippen LogP contribution in [-0.4, -0.2) is 35.6 Å². The zero-order valence-electron chi connectivity index (χ0n) is 14.0. The molecule has 0 aromatic heterocycles. The molecule has 0 spiro atoms. The maximum absolute atomic E-state index is 11.7. The van der Waals surface area contributed by atoms with E-state index >= 15 is 0 Å². The summed E-state index contributed by atoms with van der Waals surface area (Å²) in [5.74, 6) is -1.60. The number of nitrogens with one attached hydrogen (secondary N) is 3. The first kappa shape index (κ1) is 21.9. The Balaban J connectivity index is 0.00000529. The van der Waals surface area contributed by atoms with E-state index < -0.39 is 23.9 Å². The number of carboxylic acid groups (broad SMARTS) is 1. The first-order chi connectivity index (χ1) is 10.8. The van der Waals surface area contributed by atoms with Crippen LogP contribution >= 0.6 is 12.4 Å². The Morgan fingerprint density at radius 3 is 2.38 bits per heavy atom. The standard InChI is InChI=1S/C16H23N3O4.ClH/c1-4-5-13(15(21)22)17-9-14(20)19-16(23)18-12-7-6-10(2)11(3)8-12;/h6-8,13,17H,4-5,9H2,1-3H3,(H,21,22)(H2,18,19,20,23);1H. The smallest absolute Gasteiger partial charge is 0.325 e. The van der Waals surface area contributed by atoms with Crippen molar-refractivity contribution in [2.24, 2.45) is 0 Å². The van der Waals surface area contributed by atoms with Crippen LogP contribution < -0.4 is 16.0 Å². The van der Waals surface area contributed by atoms with Gasteiger partial charge in [0.1, 0.15) is 6.04 Å². The predicted molar refractivity (Wildman–Crippen MR) is 94.7 cm³/mol. The summed E-state index contributed by atoms with van der Waals surface area (Å²) in [4.78, 5) is 34.4. The van der Waals surface area contributed by atoms with E-state index in [1.165, 1.54) is 0 Å². The summed E-state index contributed by atoms with van der Waals surface area (Å²) in [6.45, 7) is 5.50. The number of urea groups is 1. The quantitative estimate of drug-likeness (QED) is 0.598. The third kappa shape index (κ3) is 7.43. The fourth-order valence-electron chi connectivity index (χ4n) is 1.97. The van der Waals surface area contributed by atoms with Gasteiger partial charge in [0.15, 0.2) is 0 Å². The number of aryl methyl sites for hydroxylation is 2. The molecule has 0 heterocycles. The van der Waals surface area contributed by atoms with Gasteiger partial charge in [0.25, 0.3) is 0 Å². The van der Waals surface area contributed by atoms with Crippen LogP contribution in [0.4, 0.5) is 10.5 Å². The Morgan fingerprint density at radius 2 is 1.83 bits per heavy atom. The Labute approximate surface area is 147 Å². The van der Waals surface area contributed by atoms with Gasteiger partial charge < -0.3 is 10.4 Å². The number of halogens is 1. The monoisotopic (exact) mass is 357 g/mol. The molecule has 1 atom stereocenters. The minimum Gasteiger partial charge on any atom is -0.480 e. The van der Waals surface area contributed by atoms with Gasteiger partial charge in [-0.1, -0.05) is 19.4 Å². The minimum absolute atomic E-state index is 0. The molecule has 4 N–H and O–H groups in total. The highest BCUT2D eigenvalue weighted by Gasteiger charge is 2.17. The Morgan fingerprint density at radius 1 is 1.17 bits per heavy atom. The number of benzene rings is 1. The molecule has 0 bridgehead atoms. The average molecular weight is 358 g/mol. The fourth-order valence-corrected chi connectivity index (χ4v) is 1.97. The number of carbonyl (C=O) groups is 3. The van der Waals surface area contributed by atoms with Crippen LogP contribution in [0.2, 0.25) is 0 Å². The van der Waals surface area contributed by atoms with Crippen molar-refractivity contribution in [3.05, 3.63) is 29.3 Å². The van der Waals surface area contributed by atoms with Crippen molar-refractivity contribution in [1.29, 1.82) is 0 Å². The van der Waals surface area contributed by atoms with Crippen molar-refractivity contribution in [3.63, 3.8) is 0 Å². The molecule has 24 heavy (non-hydrogen) atoms. The molecule has 0 fully saturated rings. The molecule has 134 valence electrons. The molecule has 3 amide bonds. The van der Waals surface area contributed by atoms with Gasteiger partial charge in [-0.3, -0.25) is 20.2 Å². The van der Waals surface area contributed by atoms with Gasteiger partial charge in [-0.15, -0.1) is 12.4 Å². The Hall–Kier alpha value is -2.12. The largest absolute Gasteiger partial charge is 0.480 e. The van der Waals surface area contributed by atoms with Gasteiger partial charge in [0, 0.05) is 5.69 Å². The lowest BCUT2D eigenvalue weighted by Crippen LogP contribution is -2.45. The second kappa shape index (κ2) is 10.6. The van der Waals surface area contributed by atoms with Crippen LogP contribution in [-0.2, 0) is 9.59 Å². The van der Waals surface area contributed by atoms with E-state index in [9.17, 15) is 14.4 Å². The third-order valence-corrected chi connectivity index (χ3v) is 3.40. The molecule has 0 radical (unpaired) electrons. The van der Waals surface area contributed by atoms with Gasteiger partial charge >= 0.3 is 12.0 Å². The van der Waals surface area contributed by atoms with Crippen LogP contribution in [0, 0.1) is 13.8 Å². The van der Waals surface area contributed by atoms with Crippen molar-refractivity contribution >= 4 is 36.0 Å². The first-order valence-corrected chi connectivity index (χ1v) is 7.47. The number of imide groups is 1. The minimum atomic E-state index is -1.01. The van der Waals surface area contributed by atoms with Crippen molar-refractivity contribution < 1.29 is 19.5 Å². The van der Waals surface area contributed by atoms with E-state index in [1.54, 1.807) is 12.1 Å². The van der Waals surface area contributed by atoms with E-state index in [4.69, 9.17) is 5.11 Å². The fraction of sp³-hybridized carbons (Fsp3) is 0.438. The number of aliphatic carboxylic acids is 1. The molecule has 8 heteroatoms. The van der Waals surface area contributed by atoms with E-state index in [1.807, 2.05) is 26.8 Å². The highest BCUT2D eigenvalue weighted by Crippen LogP contribution is 2.13. The van der Waals surface area contributed by atoms with Gasteiger partial charge in [0.2, 0.25) is 5.91 Å². The number of hydrogen-bond acceptors (Lipinski definition) is 4. The molecule has 1 unspecified atom stereocenters. The summed E-state index contributed by atoms with van der Waals surface area (Å²) >= 11 is 0. The van der Waals surface area contributed by atoms with E-state index in [0.717, 1.165) is 11.1 Å². The van der Waals surface area contributed by atoms with Crippen LogP contribution in [0.1, 0.15) is 30.9 Å². The summed E-state index contributed by atoms with van der Waals surface area (Å²) < 4.78 is 0. The van der Waals surface area contributed by atoms with Gasteiger partial charge in [-0.05, 0) is 43.5 Å². The molecule has 0 aliphatic rings. The molecule has 1 aromatic rings. The highest BCUT2D eigenvalue weighted by atomic mass is 35.5. The summed E-state index contributed by atoms with van der Waals surface area (Å²) in [7, 11) is 0. The van der Waals surface area contributed by atoms with Gasteiger partial charge in [-0.2, -0.15) is 0 Å². The molecule has 7 nitrogen and oxygen atoms in total. The molecule has 0 saturated heterocycles. The zero-order valence-corrected chi connectivity index (χ0v) is 14.8. The highest BCUT2D eigenvalue weighted by molar-refractivity contribution is 6.01. The molecule has 1 aromatic carbocycles. The molecule has 0 aliphatic carbocycles. The number of hydrogen-bond donors (Lipinski definition) is 4. The lowest BCUT2D eigenvalue weighted by atomic mass is 10.1. The van der Waals surface area contributed by atoms with Crippen molar-refractivity contribution in [3.8, 4) is 0 Å². The average Bonchev–Trinajstić information content (AvgIpc) is 2.46. The second-order valence-corrected chi connectivity index (χ2v) is 5.36. The van der Waals surface area contributed by atoms with Crippen LogP contribution in [0.3, 0.4) is 0 Å². The zero-order chi connectivity index (χ0) is 17.4. The van der Waals surface area contributed by atoms with Gasteiger partial charge in [0.05, 0.1) is 6.54 Å². The van der Waals surface area contributed by atoms with Crippen LogP contribution in [0.25, 0.3) is 0 Å². The number of amides is 3. The number of rotatable bonds is 7. The van der Waals surface area contributed by atoms with Crippen molar-refractivity contribution in [2.45, 2.75) is 39.7 Å². The number of anilines is 1. The normalized spacial score (nSPS) is 11.1. The van der Waals surface area contributed by atoms with Crippen molar-refractivity contribution in [1.82, 2.24) is 10.6 Å².